The molecule has 1 heterocycles. The van der Waals surface area contributed by atoms with Crippen molar-refractivity contribution >= 4 is 16.8 Å². The maximum atomic E-state index is 12.1. The molecule has 0 aliphatic heterocycles. The molecule has 3 nitrogen and oxygen atoms in total. The van der Waals surface area contributed by atoms with Crippen molar-refractivity contribution in [3.63, 3.8) is 0 Å². The van der Waals surface area contributed by atoms with Crippen molar-refractivity contribution < 1.29 is 4.79 Å². The molecule has 0 fully saturated rings. The number of nitrogens with zero attached hydrogens (tertiary/aromatic N) is 2. The molecule has 1 aromatic heterocycles. The van der Waals surface area contributed by atoms with Gasteiger partial charge in [0.25, 0.3) is 0 Å². The number of carbonyl (C=O) groups is 1. The number of benzene rings is 1. The van der Waals surface area contributed by atoms with Crippen LogP contribution in [0.15, 0.2) is 61.2 Å². The Morgan fingerprint density at radius 2 is 2.16 bits per heavy atom. The minimum absolute atomic E-state index is 0.101. The molecule has 0 bridgehead atoms. The van der Waals surface area contributed by atoms with Gasteiger partial charge in [0, 0.05) is 6.54 Å². The Morgan fingerprint density at radius 1 is 1.37 bits per heavy atom. The van der Waals surface area contributed by atoms with Crippen LogP contribution in [-0.2, 0) is 6.54 Å². The average molecular weight is 252 g/mol. The first-order valence-corrected chi connectivity index (χ1v) is 6.17. The molecule has 0 atom stereocenters. The molecule has 0 N–H and O–H groups in total. The lowest BCUT2D eigenvalue weighted by molar-refractivity contribution is 0.103. The number of aromatic nitrogens is 2. The van der Waals surface area contributed by atoms with E-state index in [1.54, 1.807) is 12.2 Å². The number of rotatable bonds is 5. The van der Waals surface area contributed by atoms with E-state index in [9.17, 15) is 4.79 Å². The average Bonchev–Trinajstić information content (AvgIpc) is 2.79. The third kappa shape index (κ3) is 2.71. The van der Waals surface area contributed by atoms with Crippen LogP contribution in [0.25, 0.3) is 11.0 Å². The molecule has 2 aromatic rings. The molecular formula is C16H16N2O. The second-order valence-electron chi connectivity index (χ2n) is 4.07. The van der Waals surface area contributed by atoms with Crippen LogP contribution in [-0.4, -0.2) is 15.3 Å². The molecule has 0 saturated carbocycles. The van der Waals surface area contributed by atoms with E-state index >= 15 is 0 Å². The van der Waals surface area contributed by atoms with Crippen molar-refractivity contribution in [1.82, 2.24) is 9.55 Å². The van der Waals surface area contributed by atoms with Crippen LogP contribution in [0.2, 0.25) is 0 Å². The lowest BCUT2D eigenvalue weighted by Gasteiger charge is -2.03. The maximum Gasteiger partial charge on any atom is 0.221 e. The van der Waals surface area contributed by atoms with Gasteiger partial charge in [0.15, 0.2) is 5.82 Å². The van der Waals surface area contributed by atoms with E-state index < -0.39 is 0 Å². The fraction of sp³-hybridized carbons (Fsp3) is 0.125. The summed E-state index contributed by atoms with van der Waals surface area (Å²) >= 11 is 0. The van der Waals surface area contributed by atoms with Crippen molar-refractivity contribution in [1.29, 1.82) is 0 Å². The second kappa shape index (κ2) is 5.96. The molecule has 0 aliphatic carbocycles. The van der Waals surface area contributed by atoms with Gasteiger partial charge in [-0.05, 0) is 25.1 Å². The summed E-state index contributed by atoms with van der Waals surface area (Å²) in [5, 5.41) is 0. The zero-order chi connectivity index (χ0) is 13.7. The predicted octanol–water partition coefficient (Wildman–Crippen LogP) is 3.54. The van der Waals surface area contributed by atoms with Gasteiger partial charge in [0.1, 0.15) is 0 Å². The van der Waals surface area contributed by atoms with Gasteiger partial charge in [-0.2, -0.15) is 0 Å². The van der Waals surface area contributed by atoms with Crippen LogP contribution in [0.3, 0.4) is 0 Å². The smallest absolute Gasteiger partial charge is 0.221 e. The Labute approximate surface area is 112 Å². The molecule has 96 valence electrons. The number of fused-ring (bicyclic) bond motifs is 1. The summed E-state index contributed by atoms with van der Waals surface area (Å²) in [4.78, 5) is 16.5. The number of hydrogen-bond acceptors (Lipinski definition) is 2. The minimum Gasteiger partial charge on any atom is -0.317 e. The third-order valence-electron chi connectivity index (χ3n) is 2.74. The van der Waals surface area contributed by atoms with Crippen molar-refractivity contribution in [3.05, 3.63) is 67.0 Å². The highest BCUT2D eigenvalue weighted by Crippen LogP contribution is 2.16. The van der Waals surface area contributed by atoms with E-state index in [1.807, 2.05) is 47.9 Å². The summed E-state index contributed by atoms with van der Waals surface area (Å²) < 4.78 is 1.88. The van der Waals surface area contributed by atoms with Gasteiger partial charge < -0.3 is 4.57 Å². The van der Waals surface area contributed by atoms with Crippen LogP contribution >= 0.6 is 0 Å². The summed E-state index contributed by atoms with van der Waals surface area (Å²) in [6.07, 6.45) is 8.70. The van der Waals surface area contributed by atoms with Crippen molar-refractivity contribution in [2.75, 3.05) is 0 Å². The van der Waals surface area contributed by atoms with Gasteiger partial charge in [-0.1, -0.05) is 36.4 Å². The highest BCUT2D eigenvalue weighted by molar-refractivity contribution is 6.04. The van der Waals surface area contributed by atoms with Crippen molar-refractivity contribution in [3.8, 4) is 0 Å². The summed E-state index contributed by atoms with van der Waals surface area (Å²) in [7, 11) is 0. The van der Waals surface area contributed by atoms with Crippen LogP contribution in [0, 0.1) is 0 Å². The molecular weight excluding hydrogens is 236 g/mol. The second-order valence-corrected chi connectivity index (χ2v) is 4.07. The first-order chi connectivity index (χ1) is 9.27. The molecule has 0 saturated heterocycles. The van der Waals surface area contributed by atoms with Gasteiger partial charge in [0.05, 0.1) is 11.0 Å². The maximum absolute atomic E-state index is 12.1. The van der Waals surface area contributed by atoms with E-state index in [-0.39, 0.29) is 5.78 Å². The van der Waals surface area contributed by atoms with Crippen molar-refractivity contribution in [2.45, 2.75) is 13.5 Å². The summed E-state index contributed by atoms with van der Waals surface area (Å²) in [5.41, 5.74) is 1.78. The minimum atomic E-state index is -0.101. The van der Waals surface area contributed by atoms with Crippen LogP contribution in [0.4, 0.5) is 0 Å². The molecule has 0 amide bonds. The lowest BCUT2D eigenvalue weighted by Crippen LogP contribution is -2.07. The van der Waals surface area contributed by atoms with E-state index in [1.165, 1.54) is 6.08 Å². The molecule has 1 aromatic carbocycles. The number of para-hydroxylation sites is 2. The molecule has 2 rings (SSSR count). The van der Waals surface area contributed by atoms with Crippen LogP contribution in [0.5, 0.6) is 0 Å². The van der Waals surface area contributed by atoms with Gasteiger partial charge >= 0.3 is 0 Å². The molecule has 3 heteroatoms. The van der Waals surface area contributed by atoms with E-state index in [0.29, 0.717) is 12.4 Å². The third-order valence-corrected chi connectivity index (χ3v) is 2.74. The first kappa shape index (κ1) is 13.0. The monoisotopic (exact) mass is 252 g/mol. The fourth-order valence-corrected chi connectivity index (χ4v) is 1.91. The fourth-order valence-electron chi connectivity index (χ4n) is 1.91. The molecule has 0 radical (unpaired) electrons. The topological polar surface area (TPSA) is 34.9 Å². The van der Waals surface area contributed by atoms with Gasteiger partial charge in [-0.3, -0.25) is 4.79 Å². The number of carbonyl (C=O) groups excluding carboxylic acids is 1. The van der Waals surface area contributed by atoms with Gasteiger partial charge in [-0.25, -0.2) is 4.98 Å². The highest BCUT2D eigenvalue weighted by atomic mass is 16.1. The van der Waals surface area contributed by atoms with Crippen LogP contribution < -0.4 is 0 Å². The van der Waals surface area contributed by atoms with E-state index in [0.717, 1.165) is 11.0 Å². The van der Waals surface area contributed by atoms with Gasteiger partial charge in [-0.15, -0.1) is 6.58 Å². The number of hydrogen-bond donors (Lipinski definition) is 0. The molecule has 0 aliphatic rings. The zero-order valence-electron chi connectivity index (χ0n) is 10.9. The molecule has 19 heavy (non-hydrogen) atoms. The number of imidazole rings is 1. The molecule has 0 unspecified atom stereocenters. The Hall–Kier alpha value is -2.42. The highest BCUT2D eigenvalue weighted by Gasteiger charge is 2.13. The summed E-state index contributed by atoms with van der Waals surface area (Å²) in [6, 6.07) is 7.71. The standard InChI is InChI=1S/C16H16N2O/c1-3-5-6-11-15(19)16-17-13-9-7-8-10-14(13)18(16)12-4-2/h3-11H,2,12H2,1H3/b5-3+,11-6+. The largest absolute Gasteiger partial charge is 0.317 e. The Kier molecular flexibility index (Phi) is 4.08. The van der Waals surface area contributed by atoms with Crippen molar-refractivity contribution in [2.24, 2.45) is 0 Å². The number of ketones is 1. The first-order valence-electron chi connectivity index (χ1n) is 6.17. The Bertz CT molecular complexity index is 662. The lowest BCUT2D eigenvalue weighted by atomic mass is 10.3. The zero-order valence-corrected chi connectivity index (χ0v) is 10.9. The Morgan fingerprint density at radius 3 is 2.89 bits per heavy atom. The van der Waals surface area contributed by atoms with E-state index in [2.05, 4.69) is 11.6 Å². The van der Waals surface area contributed by atoms with E-state index in [4.69, 9.17) is 0 Å². The number of allylic oxidation sites excluding steroid dienone is 5. The molecule has 0 spiro atoms. The summed E-state index contributed by atoms with van der Waals surface area (Å²) in [6.45, 7) is 6.20. The summed E-state index contributed by atoms with van der Waals surface area (Å²) in [5.74, 6) is 0.345. The van der Waals surface area contributed by atoms with Gasteiger partial charge in [0.2, 0.25) is 5.78 Å². The quantitative estimate of drug-likeness (QED) is 0.353. The predicted molar refractivity (Wildman–Crippen MR) is 78.2 cm³/mol. The Balaban J connectivity index is 2.49. The van der Waals surface area contributed by atoms with Crippen LogP contribution in [0.1, 0.15) is 17.5 Å². The normalized spacial score (nSPS) is 11.6. The SMILES string of the molecule is C=CCn1c(C(=O)/C=C/C=C/C)nc2ccccc21.